The number of carbonyl (C=O) groups excluding carboxylic acids is 1. The monoisotopic (exact) mass is 300 g/mol. The Morgan fingerprint density at radius 1 is 1.14 bits per heavy atom. The van der Waals surface area contributed by atoms with E-state index >= 15 is 0 Å². The zero-order chi connectivity index (χ0) is 16.1. The van der Waals surface area contributed by atoms with Gasteiger partial charge in [0.1, 0.15) is 5.82 Å². The number of anilines is 1. The molecule has 0 spiro atoms. The molecule has 0 saturated carbocycles. The second kappa shape index (κ2) is 7.07. The van der Waals surface area contributed by atoms with E-state index in [2.05, 4.69) is 24.5 Å². The molecule has 3 nitrogen and oxygen atoms in total. The summed E-state index contributed by atoms with van der Waals surface area (Å²) in [5, 5.41) is 5.71. The molecule has 0 bridgehead atoms. The van der Waals surface area contributed by atoms with E-state index in [0.717, 1.165) is 22.4 Å². The Kier molecular flexibility index (Phi) is 5.15. The van der Waals surface area contributed by atoms with Gasteiger partial charge < -0.3 is 10.6 Å². The Morgan fingerprint density at radius 3 is 2.45 bits per heavy atom. The largest absolute Gasteiger partial charge is 0.334 e. The highest BCUT2D eigenvalue weighted by Crippen LogP contribution is 2.27. The lowest BCUT2D eigenvalue weighted by Crippen LogP contribution is -2.29. The Bertz CT molecular complexity index is 651. The van der Waals surface area contributed by atoms with Crippen LogP contribution in [0, 0.1) is 12.7 Å². The number of nitrogens with one attached hydrogen (secondary N) is 2. The van der Waals surface area contributed by atoms with Gasteiger partial charge in [-0.05, 0) is 41.7 Å². The summed E-state index contributed by atoms with van der Waals surface area (Å²) in [6, 6.07) is 11.8. The van der Waals surface area contributed by atoms with E-state index in [0.29, 0.717) is 12.5 Å². The third-order valence-corrected chi connectivity index (χ3v) is 3.53. The molecule has 0 aromatic heterocycles. The van der Waals surface area contributed by atoms with Crippen molar-refractivity contribution in [1.29, 1.82) is 0 Å². The molecule has 0 atom stereocenters. The number of amides is 2. The first-order chi connectivity index (χ1) is 10.5. The molecule has 0 aliphatic carbocycles. The lowest BCUT2D eigenvalue weighted by Gasteiger charge is -2.16. The van der Waals surface area contributed by atoms with Crippen LogP contribution in [0.25, 0.3) is 0 Å². The molecule has 2 aromatic rings. The zero-order valence-electron chi connectivity index (χ0n) is 13.1. The first-order valence-electron chi connectivity index (χ1n) is 7.36. The van der Waals surface area contributed by atoms with E-state index in [-0.39, 0.29) is 11.8 Å². The van der Waals surface area contributed by atoms with Crippen molar-refractivity contribution in [3.8, 4) is 0 Å². The average Bonchev–Trinajstić information content (AvgIpc) is 2.48. The summed E-state index contributed by atoms with van der Waals surface area (Å²) in [4.78, 5) is 12.1. The molecule has 2 amide bonds. The summed E-state index contributed by atoms with van der Waals surface area (Å²) < 4.78 is 12.8. The molecule has 2 rings (SSSR count). The van der Waals surface area contributed by atoms with E-state index in [9.17, 15) is 9.18 Å². The highest BCUT2D eigenvalue weighted by Gasteiger charge is 2.11. The van der Waals surface area contributed by atoms with Gasteiger partial charge >= 0.3 is 6.03 Å². The standard InChI is InChI=1S/C18H21FN2O/c1-12(2)16-6-4-5-13(3)17(16)21-18(22)20-11-14-7-9-15(19)10-8-14/h4-10,12H,11H2,1-3H3,(H2,20,21,22). The Labute approximate surface area is 130 Å². The highest BCUT2D eigenvalue weighted by atomic mass is 19.1. The van der Waals surface area contributed by atoms with E-state index in [4.69, 9.17) is 0 Å². The van der Waals surface area contributed by atoms with Crippen molar-refractivity contribution in [3.63, 3.8) is 0 Å². The fraction of sp³-hybridized carbons (Fsp3) is 0.278. The van der Waals surface area contributed by atoms with Crippen molar-refractivity contribution in [1.82, 2.24) is 5.32 Å². The summed E-state index contributed by atoms with van der Waals surface area (Å²) in [5.41, 5.74) is 3.85. The zero-order valence-corrected chi connectivity index (χ0v) is 13.1. The number of aryl methyl sites for hydroxylation is 1. The second-order valence-corrected chi connectivity index (χ2v) is 5.63. The molecule has 0 fully saturated rings. The minimum atomic E-state index is -0.283. The Balaban J connectivity index is 2.02. The smallest absolute Gasteiger partial charge is 0.319 e. The molecule has 2 aromatic carbocycles. The maximum Gasteiger partial charge on any atom is 0.319 e. The Hall–Kier alpha value is -2.36. The normalized spacial score (nSPS) is 10.6. The summed E-state index contributed by atoms with van der Waals surface area (Å²) in [6.45, 7) is 6.52. The molecule has 0 heterocycles. The fourth-order valence-electron chi connectivity index (χ4n) is 2.28. The summed E-state index contributed by atoms with van der Waals surface area (Å²) >= 11 is 0. The van der Waals surface area contributed by atoms with Crippen molar-refractivity contribution in [2.24, 2.45) is 0 Å². The first kappa shape index (κ1) is 16.0. The van der Waals surface area contributed by atoms with E-state index in [1.165, 1.54) is 12.1 Å². The number of carbonyl (C=O) groups is 1. The molecule has 4 heteroatoms. The van der Waals surface area contributed by atoms with Crippen LogP contribution >= 0.6 is 0 Å². The average molecular weight is 300 g/mol. The molecule has 2 N–H and O–H groups in total. The topological polar surface area (TPSA) is 41.1 Å². The van der Waals surface area contributed by atoms with Gasteiger partial charge in [-0.3, -0.25) is 0 Å². The summed E-state index contributed by atoms with van der Waals surface area (Å²) in [7, 11) is 0. The van der Waals surface area contributed by atoms with Gasteiger partial charge in [0.25, 0.3) is 0 Å². The van der Waals surface area contributed by atoms with Gasteiger partial charge in [0.2, 0.25) is 0 Å². The summed E-state index contributed by atoms with van der Waals surface area (Å²) in [5.74, 6) is 0.0435. The predicted octanol–water partition coefficient (Wildman–Crippen LogP) is 4.58. The van der Waals surface area contributed by atoms with Crippen LogP contribution in [0.4, 0.5) is 14.9 Å². The SMILES string of the molecule is Cc1cccc(C(C)C)c1NC(=O)NCc1ccc(F)cc1. The molecule has 0 unspecified atom stereocenters. The van der Waals surface area contributed by atoms with Crippen molar-refractivity contribution >= 4 is 11.7 Å². The van der Waals surface area contributed by atoms with Crippen LogP contribution in [0.5, 0.6) is 0 Å². The van der Waals surface area contributed by atoms with Crippen LogP contribution in [-0.2, 0) is 6.54 Å². The number of benzene rings is 2. The molecule has 0 aliphatic heterocycles. The number of rotatable bonds is 4. The van der Waals surface area contributed by atoms with Crippen LogP contribution in [0.3, 0.4) is 0 Å². The second-order valence-electron chi connectivity index (χ2n) is 5.63. The van der Waals surface area contributed by atoms with Crippen LogP contribution in [0.2, 0.25) is 0 Å². The van der Waals surface area contributed by atoms with Gasteiger partial charge in [-0.25, -0.2) is 9.18 Å². The van der Waals surface area contributed by atoms with Crippen LogP contribution in [-0.4, -0.2) is 6.03 Å². The highest BCUT2D eigenvalue weighted by molar-refractivity contribution is 5.91. The van der Waals surface area contributed by atoms with E-state index in [1.807, 2.05) is 25.1 Å². The fourth-order valence-corrected chi connectivity index (χ4v) is 2.28. The number of urea groups is 1. The maximum absolute atomic E-state index is 12.8. The quantitative estimate of drug-likeness (QED) is 0.852. The van der Waals surface area contributed by atoms with Gasteiger partial charge in [0.15, 0.2) is 0 Å². The number of hydrogen-bond acceptors (Lipinski definition) is 1. The lowest BCUT2D eigenvalue weighted by atomic mass is 9.98. The minimum absolute atomic E-state index is 0.263. The molecule has 0 radical (unpaired) electrons. The molecular weight excluding hydrogens is 279 g/mol. The van der Waals surface area contributed by atoms with Gasteiger partial charge in [0, 0.05) is 12.2 Å². The molecular formula is C18H21FN2O. The van der Waals surface area contributed by atoms with Gasteiger partial charge in [0.05, 0.1) is 0 Å². The number of halogens is 1. The van der Waals surface area contributed by atoms with Crippen LogP contribution in [0.1, 0.15) is 36.5 Å². The number of hydrogen-bond donors (Lipinski definition) is 2. The predicted molar refractivity (Wildman–Crippen MR) is 87.5 cm³/mol. The molecule has 0 saturated heterocycles. The first-order valence-corrected chi connectivity index (χ1v) is 7.36. The van der Waals surface area contributed by atoms with Gasteiger partial charge in [-0.1, -0.05) is 44.2 Å². The Morgan fingerprint density at radius 2 is 1.82 bits per heavy atom. The van der Waals surface area contributed by atoms with Gasteiger partial charge in [-0.15, -0.1) is 0 Å². The van der Waals surface area contributed by atoms with Crippen molar-refractivity contribution in [3.05, 3.63) is 65.0 Å². The molecule has 22 heavy (non-hydrogen) atoms. The molecule has 0 aliphatic rings. The molecule has 116 valence electrons. The van der Waals surface area contributed by atoms with Crippen molar-refractivity contribution in [2.45, 2.75) is 33.2 Å². The number of para-hydroxylation sites is 1. The van der Waals surface area contributed by atoms with Crippen LogP contribution < -0.4 is 10.6 Å². The lowest BCUT2D eigenvalue weighted by molar-refractivity contribution is 0.251. The maximum atomic E-state index is 12.8. The van der Waals surface area contributed by atoms with Crippen LogP contribution in [0.15, 0.2) is 42.5 Å². The minimum Gasteiger partial charge on any atom is -0.334 e. The van der Waals surface area contributed by atoms with Crippen molar-refractivity contribution < 1.29 is 9.18 Å². The third kappa shape index (κ3) is 4.07. The van der Waals surface area contributed by atoms with E-state index in [1.54, 1.807) is 12.1 Å². The summed E-state index contributed by atoms with van der Waals surface area (Å²) in [6.07, 6.45) is 0. The third-order valence-electron chi connectivity index (χ3n) is 3.53. The van der Waals surface area contributed by atoms with E-state index < -0.39 is 0 Å². The van der Waals surface area contributed by atoms with Crippen molar-refractivity contribution in [2.75, 3.05) is 5.32 Å². The van der Waals surface area contributed by atoms with Gasteiger partial charge in [-0.2, -0.15) is 0 Å².